The van der Waals surface area contributed by atoms with Crippen LogP contribution in [0.4, 0.5) is 5.69 Å². The first-order valence-electron chi connectivity index (χ1n) is 9.05. The zero-order valence-electron chi connectivity index (χ0n) is 15.4. The van der Waals surface area contributed by atoms with Crippen molar-refractivity contribution in [3.63, 3.8) is 0 Å². The topological polar surface area (TPSA) is 75.4 Å². The van der Waals surface area contributed by atoms with Crippen molar-refractivity contribution in [2.45, 2.75) is 25.8 Å². The summed E-state index contributed by atoms with van der Waals surface area (Å²) in [5.74, 6) is 0.460. The second-order valence-electron chi connectivity index (χ2n) is 6.93. The van der Waals surface area contributed by atoms with Crippen LogP contribution in [0.2, 0.25) is 0 Å². The summed E-state index contributed by atoms with van der Waals surface area (Å²) in [6.07, 6.45) is 2.11. The van der Waals surface area contributed by atoms with E-state index in [1.807, 2.05) is 35.2 Å². The van der Waals surface area contributed by atoms with E-state index in [1.165, 1.54) is 0 Å². The first kappa shape index (κ1) is 20.9. The molecule has 27 heavy (non-hydrogen) atoms. The van der Waals surface area contributed by atoms with Crippen LogP contribution in [0.25, 0.3) is 0 Å². The fraction of sp³-hybridized carbons (Fsp3) is 0.333. The van der Waals surface area contributed by atoms with Crippen molar-refractivity contribution in [3.8, 4) is 0 Å². The standard InChI is InChI=1S/C21H25N3O2.ClH/c1-15-11-13-24(14-12-15)21(26)17-7-9-18(10-8-17)23-20(25)19(22)16-5-3-2-4-6-16;/h2-10,15,19H,11-14,22H2,1H3,(H,23,25);1H. The molecule has 144 valence electrons. The van der Waals surface area contributed by atoms with Crippen LogP contribution in [-0.4, -0.2) is 29.8 Å². The number of nitrogens with zero attached hydrogens (tertiary/aromatic N) is 1. The molecule has 1 aliphatic rings. The van der Waals surface area contributed by atoms with Gasteiger partial charge in [0, 0.05) is 24.3 Å². The van der Waals surface area contributed by atoms with Gasteiger partial charge in [-0.05, 0) is 48.6 Å². The molecule has 0 saturated carbocycles. The van der Waals surface area contributed by atoms with Crippen LogP contribution in [-0.2, 0) is 4.79 Å². The molecule has 1 aliphatic heterocycles. The zero-order valence-corrected chi connectivity index (χ0v) is 16.2. The second-order valence-corrected chi connectivity index (χ2v) is 6.93. The van der Waals surface area contributed by atoms with Crippen LogP contribution >= 0.6 is 12.4 Å². The van der Waals surface area contributed by atoms with Crippen LogP contribution < -0.4 is 11.1 Å². The third kappa shape index (κ3) is 5.31. The number of hydrogen-bond acceptors (Lipinski definition) is 3. The third-order valence-corrected chi connectivity index (χ3v) is 4.91. The van der Waals surface area contributed by atoms with E-state index in [0.29, 0.717) is 17.2 Å². The Labute approximate surface area is 166 Å². The highest BCUT2D eigenvalue weighted by molar-refractivity contribution is 5.97. The lowest BCUT2D eigenvalue weighted by molar-refractivity contribution is -0.117. The highest BCUT2D eigenvalue weighted by Crippen LogP contribution is 2.19. The fourth-order valence-corrected chi connectivity index (χ4v) is 3.12. The van der Waals surface area contributed by atoms with Crippen LogP contribution in [0, 0.1) is 5.92 Å². The van der Waals surface area contributed by atoms with Gasteiger partial charge in [0.15, 0.2) is 0 Å². The number of rotatable bonds is 4. The Morgan fingerprint density at radius 3 is 2.22 bits per heavy atom. The van der Waals surface area contributed by atoms with E-state index in [0.717, 1.165) is 31.5 Å². The minimum Gasteiger partial charge on any atom is -0.339 e. The Bertz CT molecular complexity index is 757. The van der Waals surface area contributed by atoms with Crippen LogP contribution in [0.15, 0.2) is 54.6 Å². The van der Waals surface area contributed by atoms with Gasteiger partial charge >= 0.3 is 0 Å². The fourth-order valence-electron chi connectivity index (χ4n) is 3.12. The summed E-state index contributed by atoms with van der Waals surface area (Å²) in [6, 6.07) is 15.5. The highest BCUT2D eigenvalue weighted by Gasteiger charge is 2.21. The largest absolute Gasteiger partial charge is 0.339 e. The molecule has 1 fully saturated rings. The van der Waals surface area contributed by atoms with Gasteiger partial charge in [-0.3, -0.25) is 9.59 Å². The van der Waals surface area contributed by atoms with Gasteiger partial charge in [0.05, 0.1) is 0 Å². The molecule has 1 unspecified atom stereocenters. The van der Waals surface area contributed by atoms with E-state index >= 15 is 0 Å². The number of amides is 2. The van der Waals surface area contributed by atoms with E-state index in [9.17, 15) is 9.59 Å². The summed E-state index contributed by atoms with van der Waals surface area (Å²) in [5, 5.41) is 2.80. The van der Waals surface area contributed by atoms with Gasteiger partial charge in [-0.25, -0.2) is 0 Å². The van der Waals surface area contributed by atoms with E-state index < -0.39 is 6.04 Å². The predicted octanol–water partition coefficient (Wildman–Crippen LogP) is 3.62. The molecule has 2 aromatic rings. The van der Waals surface area contributed by atoms with Crippen molar-refractivity contribution in [2.75, 3.05) is 18.4 Å². The normalized spacial score (nSPS) is 15.6. The van der Waals surface area contributed by atoms with Gasteiger partial charge in [-0.2, -0.15) is 0 Å². The van der Waals surface area contributed by atoms with Gasteiger partial charge in [0.25, 0.3) is 5.91 Å². The van der Waals surface area contributed by atoms with Gasteiger partial charge < -0.3 is 16.0 Å². The summed E-state index contributed by atoms with van der Waals surface area (Å²) >= 11 is 0. The lowest BCUT2D eigenvalue weighted by atomic mass is 9.98. The van der Waals surface area contributed by atoms with Crippen molar-refractivity contribution in [1.29, 1.82) is 0 Å². The van der Waals surface area contributed by atoms with Crippen LogP contribution in [0.1, 0.15) is 41.7 Å². The minimum absolute atomic E-state index is 0. The van der Waals surface area contributed by atoms with Crippen molar-refractivity contribution >= 4 is 29.9 Å². The maximum absolute atomic E-state index is 12.6. The molecule has 0 bridgehead atoms. The van der Waals surface area contributed by atoms with Gasteiger partial charge in [0.1, 0.15) is 6.04 Å². The van der Waals surface area contributed by atoms with E-state index in [2.05, 4.69) is 12.2 Å². The number of carbonyl (C=O) groups is 2. The van der Waals surface area contributed by atoms with Gasteiger partial charge in [-0.1, -0.05) is 37.3 Å². The first-order valence-corrected chi connectivity index (χ1v) is 9.05. The molecule has 1 heterocycles. The number of benzene rings is 2. The molecule has 0 aliphatic carbocycles. The summed E-state index contributed by atoms with van der Waals surface area (Å²) < 4.78 is 0. The molecule has 3 rings (SSSR count). The molecular formula is C21H26ClN3O2. The smallest absolute Gasteiger partial charge is 0.253 e. The number of hydrogen-bond donors (Lipinski definition) is 2. The Morgan fingerprint density at radius 2 is 1.63 bits per heavy atom. The highest BCUT2D eigenvalue weighted by atomic mass is 35.5. The molecule has 2 amide bonds. The SMILES string of the molecule is CC1CCN(C(=O)c2ccc(NC(=O)C(N)c3ccccc3)cc2)CC1.Cl. The van der Waals surface area contributed by atoms with Crippen molar-refractivity contribution < 1.29 is 9.59 Å². The van der Waals surface area contributed by atoms with Crippen molar-refractivity contribution in [2.24, 2.45) is 11.7 Å². The molecule has 3 N–H and O–H groups in total. The second kappa shape index (κ2) is 9.53. The van der Waals surface area contributed by atoms with E-state index in [-0.39, 0.29) is 24.2 Å². The molecule has 6 heteroatoms. The van der Waals surface area contributed by atoms with E-state index in [4.69, 9.17) is 5.73 Å². The lowest BCUT2D eigenvalue weighted by Gasteiger charge is -2.30. The predicted molar refractivity (Wildman–Crippen MR) is 110 cm³/mol. The van der Waals surface area contributed by atoms with E-state index in [1.54, 1.807) is 24.3 Å². The average molecular weight is 388 g/mol. The number of halogens is 1. The molecule has 2 aromatic carbocycles. The lowest BCUT2D eigenvalue weighted by Crippen LogP contribution is -2.37. The van der Waals surface area contributed by atoms with Crippen LogP contribution in [0.5, 0.6) is 0 Å². The maximum atomic E-state index is 12.6. The number of piperidine rings is 1. The molecule has 5 nitrogen and oxygen atoms in total. The Kier molecular flexibility index (Phi) is 7.39. The van der Waals surface area contributed by atoms with Crippen molar-refractivity contribution in [1.82, 2.24) is 4.90 Å². The monoisotopic (exact) mass is 387 g/mol. The summed E-state index contributed by atoms with van der Waals surface area (Å²) in [5.41, 5.74) is 8.03. The number of nitrogens with one attached hydrogen (secondary N) is 1. The molecule has 0 spiro atoms. The number of likely N-dealkylation sites (tertiary alicyclic amines) is 1. The summed E-state index contributed by atoms with van der Waals surface area (Å²) in [6.45, 7) is 3.84. The number of anilines is 1. The summed E-state index contributed by atoms with van der Waals surface area (Å²) in [4.78, 5) is 26.8. The maximum Gasteiger partial charge on any atom is 0.253 e. The minimum atomic E-state index is -0.729. The summed E-state index contributed by atoms with van der Waals surface area (Å²) in [7, 11) is 0. The quantitative estimate of drug-likeness (QED) is 0.841. The average Bonchev–Trinajstić information content (AvgIpc) is 2.68. The third-order valence-electron chi connectivity index (χ3n) is 4.91. The van der Waals surface area contributed by atoms with Crippen molar-refractivity contribution in [3.05, 3.63) is 65.7 Å². The Morgan fingerprint density at radius 1 is 1.04 bits per heavy atom. The number of carbonyl (C=O) groups excluding carboxylic acids is 2. The zero-order chi connectivity index (χ0) is 18.5. The molecule has 1 atom stereocenters. The molecule has 0 radical (unpaired) electrons. The van der Waals surface area contributed by atoms with Gasteiger partial charge in [0.2, 0.25) is 5.91 Å². The van der Waals surface area contributed by atoms with Gasteiger partial charge in [-0.15, -0.1) is 12.4 Å². The molecular weight excluding hydrogens is 362 g/mol. The Balaban J connectivity index is 0.00000261. The molecule has 0 aromatic heterocycles. The Hall–Kier alpha value is -2.37. The van der Waals surface area contributed by atoms with Crippen LogP contribution in [0.3, 0.4) is 0 Å². The first-order chi connectivity index (χ1) is 12.5. The number of nitrogens with two attached hydrogens (primary N) is 1. The molecule has 1 saturated heterocycles.